The molecule has 0 bridgehead atoms. The number of para-hydroxylation sites is 2. The first kappa shape index (κ1) is 18.3. The maximum Gasteiger partial charge on any atom is 0.255 e. The maximum absolute atomic E-state index is 12.3. The van der Waals surface area contributed by atoms with Crippen molar-refractivity contribution < 1.29 is 4.79 Å². The van der Waals surface area contributed by atoms with Crippen LogP contribution in [0.3, 0.4) is 0 Å². The van der Waals surface area contributed by atoms with Crippen LogP contribution in [0.2, 0.25) is 0 Å². The van der Waals surface area contributed by atoms with Crippen LogP contribution in [0.15, 0.2) is 73.1 Å². The van der Waals surface area contributed by atoms with E-state index in [4.69, 9.17) is 18.0 Å². The van der Waals surface area contributed by atoms with Crippen molar-refractivity contribution in [3.05, 3.63) is 84.2 Å². The minimum atomic E-state index is -0.225. The minimum absolute atomic E-state index is 0.225. The highest BCUT2D eigenvalue weighted by atomic mass is 32.1. The summed E-state index contributed by atoms with van der Waals surface area (Å²) < 4.78 is 0. The fourth-order valence-electron chi connectivity index (χ4n) is 2.37. The van der Waals surface area contributed by atoms with Gasteiger partial charge in [-0.25, -0.2) is 0 Å². The number of thiocarbonyl (C=S) groups is 1. The number of amides is 1. The predicted octanol–water partition coefficient (Wildman–Crippen LogP) is 3.40. The van der Waals surface area contributed by atoms with Gasteiger partial charge >= 0.3 is 0 Å². The van der Waals surface area contributed by atoms with E-state index in [1.54, 1.807) is 48.8 Å². The van der Waals surface area contributed by atoms with Crippen LogP contribution in [0.4, 0.5) is 17.1 Å². The van der Waals surface area contributed by atoms with Crippen molar-refractivity contribution in [2.45, 2.75) is 6.54 Å². The number of rotatable bonds is 5. The van der Waals surface area contributed by atoms with E-state index in [1.807, 2.05) is 24.3 Å². The molecule has 0 aliphatic rings. The number of carbonyl (C=O) groups excluding carboxylic acids is 1. The average Bonchev–Trinajstić information content (AvgIpc) is 2.69. The lowest BCUT2D eigenvalue weighted by Gasteiger charge is -2.11. The number of anilines is 3. The van der Waals surface area contributed by atoms with Gasteiger partial charge in [0.25, 0.3) is 5.91 Å². The van der Waals surface area contributed by atoms with Gasteiger partial charge < -0.3 is 21.7 Å². The Labute approximate surface area is 162 Å². The van der Waals surface area contributed by atoms with Crippen molar-refractivity contribution in [1.29, 1.82) is 0 Å². The second kappa shape index (κ2) is 8.77. The van der Waals surface area contributed by atoms with Gasteiger partial charge in [0.05, 0.1) is 11.4 Å². The zero-order chi connectivity index (χ0) is 19.1. The molecule has 0 aliphatic carbocycles. The molecule has 0 atom stereocenters. The summed E-state index contributed by atoms with van der Waals surface area (Å²) in [7, 11) is 0. The van der Waals surface area contributed by atoms with Gasteiger partial charge in [-0.3, -0.25) is 9.78 Å². The van der Waals surface area contributed by atoms with Crippen LogP contribution in [0.25, 0.3) is 0 Å². The van der Waals surface area contributed by atoms with Crippen LogP contribution in [0.1, 0.15) is 15.9 Å². The number of carbonyl (C=O) groups is 1. The Kier molecular flexibility index (Phi) is 5.96. The van der Waals surface area contributed by atoms with Gasteiger partial charge in [0.15, 0.2) is 5.11 Å². The number of nitrogens with one attached hydrogen (secondary N) is 3. The molecule has 7 heteroatoms. The summed E-state index contributed by atoms with van der Waals surface area (Å²) in [5.74, 6) is -0.225. The molecule has 0 saturated carbocycles. The summed E-state index contributed by atoms with van der Waals surface area (Å²) >= 11 is 5.28. The van der Waals surface area contributed by atoms with Gasteiger partial charge in [-0.1, -0.05) is 18.2 Å². The average molecular weight is 377 g/mol. The first-order valence-electron chi connectivity index (χ1n) is 8.31. The number of nitrogens with zero attached hydrogens (tertiary/aromatic N) is 1. The fraction of sp³-hybridized carbons (Fsp3) is 0.0500. The molecule has 3 rings (SSSR count). The standard InChI is InChI=1S/C20H19N5OS/c21-17-5-1-2-6-18(17)25-19(26)15-7-9-16(10-8-15)24-20(27)23-13-14-4-3-11-22-12-14/h1-12H,13,21H2,(H,25,26)(H2,23,24,27). The first-order chi connectivity index (χ1) is 13.1. The molecule has 5 N–H and O–H groups in total. The highest BCUT2D eigenvalue weighted by molar-refractivity contribution is 7.80. The molecule has 0 spiro atoms. The van der Waals surface area contributed by atoms with E-state index in [1.165, 1.54) is 0 Å². The largest absolute Gasteiger partial charge is 0.397 e. The second-order valence-electron chi connectivity index (χ2n) is 5.79. The first-order valence-corrected chi connectivity index (χ1v) is 8.72. The molecule has 0 unspecified atom stereocenters. The third-order valence-electron chi connectivity index (χ3n) is 3.79. The smallest absolute Gasteiger partial charge is 0.255 e. The molecule has 0 fully saturated rings. The van der Waals surface area contributed by atoms with Crippen molar-refractivity contribution >= 4 is 40.3 Å². The Morgan fingerprint density at radius 3 is 2.48 bits per heavy atom. The molecule has 0 aliphatic heterocycles. The number of benzene rings is 2. The van der Waals surface area contributed by atoms with E-state index in [2.05, 4.69) is 20.9 Å². The van der Waals surface area contributed by atoms with Crippen molar-refractivity contribution in [3.8, 4) is 0 Å². The lowest BCUT2D eigenvalue weighted by atomic mass is 10.2. The van der Waals surface area contributed by atoms with E-state index in [0.29, 0.717) is 28.6 Å². The third kappa shape index (κ3) is 5.26. The van der Waals surface area contributed by atoms with E-state index in [0.717, 1.165) is 11.3 Å². The number of hydrogen-bond donors (Lipinski definition) is 4. The van der Waals surface area contributed by atoms with E-state index in [-0.39, 0.29) is 5.91 Å². The summed E-state index contributed by atoms with van der Waals surface area (Å²) in [4.78, 5) is 16.4. The number of aromatic nitrogens is 1. The quantitative estimate of drug-likeness (QED) is 0.402. The molecule has 1 amide bonds. The van der Waals surface area contributed by atoms with E-state index >= 15 is 0 Å². The second-order valence-corrected chi connectivity index (χ2v) is 6.20. The fourth-order valence-corrected chi connectivity index (χ4v) is 2.56. The number of hydrogen-bond acceptors (Lipinski definition) is 4. The van der Waals surface area contributed by atoms with Gasteiger partial charge in [-0.15, -0.1) is 0 Å². The molecule has 1 heterocycles. The van der Waals surface area contributed by atoms with Crippen LogP contribution in [0.5, 0.6) is 0 Å². The lowest BCUT2D eigenvalue weighted by Crippen LogP contribution is -2.27. The van der Waals surface area contributed by atoms with Gasteiger partial charge in [-0.2, -0.15) is 0 Å². The predicted molar refractivity (Wildman–Crippen MR) is 113 cm³/mol. The highest BCUT2D eigenvalue weighted by Gasteiger charge is 2.08. The van der Waals surface area contributed by atoms with Crippen LogP contribution < -0.4 is 21.7 Å². The maximum atomic E-state index is 12.3. The Morgan fingerprint density at radius 2 is 1.78 bits per heavy atom. The third-order valence-corrected chi connectivity index (χ3v) is 4.04. The van der Waals surface area contributed by atoms with Gasteiger partial charge in [0.2, 0.25) is 0 Å². The van der Waals surface area contributed by atoms with Crippen molar-refractivity contribution in [3.63, 3.8) is 0 Å². The molecule has 136 valence electrons. The van der Waals surface area contributed by atoms with Crippen molar-refractivity contribution in [2.75, 3.05) is 16.4 Å². The normalized spacial score (nSPS) is 10.1. The summed E-state index contributed by atoms with van der Waals surface area (Å²) in [6.45, 7) is 0.582. The summed E-state index contributed by atoms with van der Waals surface area (Å²) in [5.41, 5.74) is 9.31. The zero-order valence-corrected chi connectivity index (χ0v) is 15.3. The molecule has 0 radical (unpaired) electrons. The number of pyridine rings is 1. The zero-order valence-electron chi connectivity index (χ0n) is 14.5. The molecule has 27 heavy (non-hydrogen) atoms. The molecule has 6 nitrogen and oxygen atoms in total. The van der Waals surface area contributed by atoms with Crippen LogP contribution in [-0.4, -0.2) is 16.0 Å². The Hall–Kier alpha value is -3.45. The summed E-state index contributed by atoms with van der Waals surface area (Å²) in [5, 5.41) is 9.49. The summed E-state index contributed by atoms with van der Waals surface area (Å²) in [6.07, 6.45) is 3.51. The van der Waals surface area contributed by atoms with Gasteiger partial charge in [0, 0.05) is 30.2 Å². The Balaban J connectivity index is 1.54. The van der Waals surface area contributed by atoms with Crippen LogP contribution >= 0.6 is 12.2 Å². The van der Waals surface area contributed by atoms with Gasteiger partial charge in [0.1, 0.15) is 0 Å². The van der Waals surface area contributed by atoms with E-state index < -0.39 is 0 Å². The monoisotopic (exact) mass is 377 g/mol. The van der Waals surface area contributed by atoms with Crippen molar-refractivity contribution in [1.82, 2.24) is 10.3 Å². The SMILES string of the molecule is Nc1ccccc1NC(=O)c1ccc(NC(=S)NCc2cccnc2)cc1. The van der Waals surface area contributed by atoms with Gasteiger partial charge in [-0.05, 0) is 60.2 Å². The molecular formula is C20H19N5OS. The molecule has 2 aromatic carbocycles. The Bertz CT molecular complexity index is 929. The molecular weight excluding hydrogens is 358 g/mol. The number of nitrogen functional groups attached to an aromatic ring is 1. The lowest BCUT2D eigenvalue weighted by molar-refractivity contribution is 0.102. The van der Waals surface area contributed by atoms with Crippen molar-refractivity contribution in [2.24, 2.45) is 0 Å². The molecule has 3 aromatic rings. The highest BCUT2D eigenvalue weighted by Crippen LogP contribution is 2.18. The molecule has 0 saturated heterocycles. The van der Waals surface area contributed by atoms with Crippen LogP contribution in [-0.2, 0) is 6.54 Å². The Morgan fingerprint density at radius 1 is 1.00 bits per heavy atom. The molecule has 1 aromatic heterocycles. The number of nitrogens with two attached hydrogens (primary N) is 1. The topological polar surface area (TPSA) is 92.1 Å². The van der Waals surface area contributed by atoms with Crippen LogP contribution in [0, 0.1) is 0 Å². The van der Waals surface area contributed by atoms with E-state index in [9.17, 15) is 4.79 Å². The minimum Gasteiger partial charge on any atom is -0.397 e. The summed E-state index contributed by atoms with van der Waals surface area (Å²) in [6, 6.07) is 18.0.